The Bertz CT molecular complexity index is 948. The Balaban J connectivity index is 1.50. The van der Waals surface area contributed by atoms with E-state index in [1.807, 2.05) is 18.7 Å². The van der Waals surface area contributed by atoms with E-state index in [-0.39, 0.29) is 23.4 Å². The zero-order chi connectivity index (χ0) is 22.3. The van der Waals surface area contributed by atoms with Crippen molar-refractivity contribution in [2.75, 3.05) is 52.9 Å². The van der Waals surface area contributed by atoms with E-state index in [0.717, 1.165) is 36.8 Å². The molecule has 1 amide bonds. The first kappa shape index (κ1) is 22.0. The van der Waals surface area contributed by atoms with Crippen molar-refractivity contribution in [3.05, 3.63) is 29.2 Å². The number of hydrogen-bond acceptors (Lipinski definition) is 5. The molecule has 2 aliphatic heterocycles. The molecule has 1 atom stereocenters. The van der Waals surface area contributed by atoms with Gasteiger partial charge in [-0.25, -0.2) is 9.50 Å². The van der Waals surface area contributed by atoms with Crippen LogP contribution in [0.1, 0.15) is 49.2 Å². The maximum atomic E-state index is 13.6. The summed E-state index contributed by atoms with van der Waals surface area (Å²) in [4.78, 5) is 23.3. The lowest BCUT2D eigenvalue weighted by molar-refractivity contribution is -0.142. The van der Waals surface area contributed by atoms with Gasteiger partial charge in [0.15, 0.2) is 5.65 Å². The second-order valence-corrected chi connectivity index (χ2v) is 8.96. The Labute approximate surface area is 179 Å². The van der Waals surface area contributed by atoms with Crippen LogP contribution in [0.5, 0.6) is 0 Å². The predicted molar refractivity (Wildman–Crippen MR) is 110 cm³/mol. The van der Waals surface area contributed by atoms with E-state index in [1.165, 1.54) is 0 Å². The van der Waals surface area contributed by atoms with Gasteiger partial charge in [-0.1, -0.05) is 13.8 Å². The van der Waals surface area contributed by atoms with Gasteiger partial charge in [0.2, 0.25) is 5.91 Å². The van der Waals surface area contributed by atoms with Crippen molar-refractivity contribution in [3.8, 4) is 0 Å². The summed E-state index contributed by atoms with van der Waals surface area (Å²) in [5, 5.41) is 4.26. The van der Waals surface area contributed by atoms with Gasteiger partial charge in [0.1, 0.15) is 5.69 Å². The second kappa shape index (κ2) is 8.38. The number of hydrogen-bond donors (Lipinski definition) is 0. The van der Waals surface area contributed by atoms with Crippen LogP contribution < -0.4 is 0 Å². The van der Waals surface area contributed by atoms with Crippen LogP contribution >= 0.6 is 0 Å². The van der Waals surface area contributed by atoms with Gasteiger partial charge in [-0.2, -0.15) is 18.3 Å². The normalized spacial score (nSPS) is 21.5. The number of fused-ring (bicyclic) bond motifs is 1. The minimum absolute atomic E-state index is 0.0759. The highest BCUT2D eigenvalue weighted by molar-refractivity contribution is 5.78. The monoisotopic (exact) mass is 438 g/mol. The van der Waals surface area contributed by atoms with Crippen molar-refractivity contribution >= 4 is 11.6 Å². The average Bonchev–Trinajstić information content (AvgIpc) is 3.35. The van der Waals surface area contributed by atoms with Crippen LogP contribution in [0.4, 0.5) is 13.2 Å². The molecule has 0 spiro atoms. The molecule has 0 N–H and O–H groups in total. The average molecular weight is 438 g/mol. The van der Waals surface area contributed by atoms with Gasteiger partial charge < -0.3 is 9.80 Å². The largest absolute Gasteiger partial charge is 0.433 e. The molecular formula is C21H29F3N6O. The third kappa shape index (κ3) is 4.69. The highest BCUT2D eigenvalue weighted by Crippen LogP contribution is 2.33. The Kier molecular flexibility index (Phi) is 5.95. The molecule has 0 unspecified atom stereocenters. The molecule has 2 aromatic heterocycles. The number of piperazine rings is 1. The first-order valence-corrected chi connectivity index (χ1v) is 10.8. The van der Waals surface area contributed by atoms with E-state index in [2.05, 4.69) is 26.9 Å². The van der Waals surface area contributed by atoms with Crippen molar-refractivity contribution in [1.82, 2.24) is 29.3 Å². The zero-order valence-corrected chi connectivity index (χ0v) is 18.2. The lowest BCUT2D eigenvalue weighted by Gasteiger charge is -2.32. The van der Waals surface area contributed by atoms with Crippen LogP contribution in [0.2, 0.25) is 0 Å². The number of carbonyl (C=O) groups is 1. The number of carbonyl (C=O) groups excluding carboxylic acids is 1. The molecule has 2 aliphatic rings. The molecule has 0 aromatic carbocycles. The van der Waals surface area contributed by atoms with E-state index in [1.54, 1.807) is 6.07 Å². The predicted octanol–water partition coefficient (Wildman–Crippen LogP) is 2.43. The Hall–Kier alpha value is -2.20. The first-order valence-electron chi connectivity index (χ1n) is 10.8. The highest BCUT2D eigenvalue weighted by Gasteiger charge is 2.36. The molecule has 4 rings (SSSR count). The topological polar surface area (TPSA) is 57.0 Å². The first-order chi connectivity index (χ1) is 14.6. The van der Waals surface area contributed by atoms with Crippen LogP contribution in [0, 0.1) is 0 Å². The van der Waals surface area contributed by atoms with Crippen molar-refractivity contribution in [2.45, 2.75) is 38.3 Å². The molecule has 4 heterocycles. The minimum atomic E-state index is -4.52. The van der Waals surface area contributed by atoms with Crippen LogP contribution in [0.25, 0.3) is 5.65 Å². The van der Waals surface area contributed by atoms with Crippen molar-refractivity contribution < 1.29 is 18.0 Å². The lowest BCUT2D eigenvalue weighted by atomic mass is 10.1. The van der Waals surface area contributed by atoms with Crippen molar-refractivity contribution in [1.29, 1.82) is 0 Å². The fourth-order valence-electron chi connectivity index (χ4n) is 4.23. The van der Waals surface area contributed by atoms with Crippen LogP contribution in [0.3, 0.4) is 0 Å². The summed E-state index contributed by atoms with van der Waals surface area (Å²) >= 11 is 0. The molecule has 2 fully saturated rings. The fraction of sp³-hybridized carbons (Fsp3) is 0.667. The Morgan fingerprint density at radius 3 is 2.52 bits per heavy atom. The third-order valence-electron chi connectivity index (χ3n) is 6.26. The van der Waals surface area contributed by atoms with Crippen LogP contribution in [0.15, 0.2) is 12.1 Å². The van der Waals surface area contributed by atoms with E-state index in [9.17, 15) is 18.0 Å². The van der Waals surface area contributed by atoms with Gasteiger partial charge in [-0.15, -0.1) is 0 Å². The summed E-state index contributed by atoms with van der Waals surface area (Å²) in [6.45, 7) is 8.74. The van der Waals surface area contributed by atoms with Gasteiger partial charge in [0.05, 0.1) is 12.2 Å². The van der Waals surface area contributed by atoms with Gasteiger partial charge in [-0.05, 0) is 25.5 Å². The number of halogens is 3. The summed E-state index contributed by atoms with van der Waals surface area (Å²) in [5.74, 6) is -0.132. The maximum absolute atomic E-state index is 13.6. The van der Waals surface area contributed by atoms with Crippen LogP contribution in [-0.2, 0) is 11.0 Å². The molecule has 170 valence electrons. The maximum Gasteiger partial charge on any atom is 0.433 e. The number of likely N-dealkylation sites (tertiary alicyclic amines) is 1. The number of alkyl halides is 3. The second-order valence-electron chi connectivity index (χ2n) is 8.96. The molecule has 0 saturated carbocycles. The highest BCUT2D eigenvalue weighted by atomic mass is 19.4. The quantitative estimate of drug-likeness (QED) is 0.734. The number of aromatic nitrogens is 3. The molecular weight excluding hydrogens is 409 g/mol. The number of likely N-dealkylation sites (N-methyl/N-ethyl adjacent to an activating group) is 1. The van der Waals surface area contributed by atoms with Crippen molar-refractivity contribution in [2.24, 2.45) is 0 Å². The third-order valence-corrected chi connectivity index (χ3v) is 6.26. The molecule has 10 heteroatoms. The summed E-state index contributed by atoms with van der Waals surface area (Å²) in [7, 11) is 2.07. The van der Waals surface area contributed by atoms with Gasteiger partial charge in [-0.3, -0.25) is 9.69 Å². The van der Waals surface area contributed by atoms with Crippen LogP contribution in [-0.4, -0.2) is 88.1 Å². The van der Waals surface area contributed by atoms with Gasteiger partial charge in [0, 0.05) is 56.9 Å². The molecule has 7 nitrogen and oxygen atoms in total. The molecule has 0 aliphatic carbocycles. The molecule has 2 aromatic rings. The van der Waals surface area contributed by atoms with E-state index in [0.29, 0.717) is 37.4 Å². The molecule has 0 radical (unpaired) electrons. The Morgan fingerprint density at radius 1 is 1.16 bits per heavy atom. The Morgan fingerprint density at radius 2 is 1.87 bits per heavy atom. The van der Waals surface area contributed by atoms with Gasteiger partial charge in [0.25, 0.3) is 0 Å². The van der Waals surface area contributed by atoms with E-state index in [4.69, 9.17) is 0 Å². The van der Waals surface area contributed by atoms with E-state index >= 15 is 0 Å². The zero-order valence-electron chi connectivity index (χ0n) is 18.2. The summed E-state index contributed by atoms with van der Waals surface area (Å²) in [6, 6.07) is 2.72. The van der Waals surface area contributed by atoms with E-state index < -0.39 is 11.9 Å². The van der Waals surface area contributed by atoms with Gasteiger partial charge >= 0.3 is 6.18 Å². The SMILES string of the molecule is CC(C)c1cc(C(F)(F)F)n2nc([C@H]3CCN(C(=O)CN4CCN(C)CC4)C3)cc2n1. The fourth-order valence-corrected chi connectivity index (χ4v) is 4.23. The standard InChI is InChI=1S/C21H29F3N6O/c1-14(2)16-10-18(21(22,23)24)30-19(25-16)11-17(26-30)15-4-5-29(12-15)20(31)13-28-8-6-27(3)7-9-28/h10-11,14-15H,4-9,12-13H2,1-3H3/t15-/m0/s1. The summed E-state index contributed by atoms with van der Waals surface area (Å²) in [6.07, 6.45) is -3.83. The molecule has 2 saturated heterocycles. The number of rotatable bonds is 4. The summed E-state index contributed by atoms with van der Waals surface area (Å²) < 4.78 is 41.7. The minimum Gasteiger partial charge on any atom is -0.341 e. The molecule has 0 bridgehead atoms. The molecule has 31 heavy (non-hydrogen) atoms. The van der Waals surface area contributed by atoms with Crippen molar-refractivity contribution in [3.63, 3.8) is 0 Å². The summed E-state index contributed by atoms with van der Waals surface area (Å²) in [5.41, 5.74) is 0.347. The lowest BCUT2D eigenvalue weighted by Crippen LogP contribution is -2.48. The number of amides is 1. The smallest absolute Gasteiger partial charge is 0.341 e. The number of nitrogens with zero attached hydrogens (tertiary/aromatic N) is 6.